The Balaban J connectivity index is 2.22. The van der Waals surface area contributed by atoms with Gasteiger partial charge in [-0.3, -0.25) is 9.55 Å². The first-order chi connectivity index (χ1) is 9.70. The zero-order chi connectivity index (χ0) is 14.1. The van der Waals surface area contributed by atoms with E-state index in [1.165, 1.54) is 16.7 Å². The minimum atomic E-state index is 0.808. The van der Waals surface area contributed by atoms with Gasteiger partial charge in [0.2, 0.25) is 0 Å². The van der Waals surface area contributed by atoms with E-state index in [9.17, 15) is 0 Å². The zero-order valence-corrected chi connectivity index (χ0v) is 12.0. The van der Waals surface area contributed by atoms with Crippen molar-refractivity contribution in [1.82, 2.24) is 19.9 Å². The molecule has 0 saturated carbocycles. The van der Waals surface area contributed by atoms with Gasteiger partial charge in [0.25, 0.3) is 0 Å². The Hall–Kier alpha value is -2.20. The standard InChI is InChI=1S/C16H18N4/c1-11-6-14-15(7-12(11)2)20(10-19-14)16-9-18-5-4-13(16)8-17-3/h4-7,9-10,17H,8H2,1-3H3. The smallest absolute Gasteiger partial charge is 0.100 e. The highest BCUT2D eigenvalue weighted by Gasteiger charge is 2.09. The molecule has 0 saturated heterocycles. The first-order valence-electron chi connectivity index (χ1n) is 6.73. The summed E-state index contributed by atoms with van der Waals surface area (Å²) in [5, 5.41) is 3.19. The third-order valence-corrected chi connectivity index (χ3v) is 3.68. The van der Waals surface area contributed by atoms with Crippen molar-refractivity contribution in [1.29, 1.82) is 0 Å². The Labute approximate surface area is 118 Å². The monoisotopic (exact) mass is 266 g/mol. The highest BCUT2D eigenvalue weighted by Crippen LogP contribution is 2.23. The average Bonchev–Trinajstić information content (AvgIpc) is 2.83. The lowest BCUT2D eigenvalue weighted by molar-refractivity contribution is 0.806. The normalized spacial score (nSPS) is 11.2. The quantitative estimate of drug-likeness (QED) is 0.792. The van der Waals surface area contributed by atoms with Gasteiger partial charge in [0.1, 0.15) is 6.33 Å². The van der Waals surface area contributed by atoms with E-state index in [0.29, 0.717) is 0 Å². The maximum Gasteiger partial charge on any atom is 0.100 e. The predicted molar refractivity (Wildman–Crippen MR) is 81.1 cm³/mol. The van der Waals surface area contributed by atoms with Crippen LogP contribution in [0.25, 0.3) is 16.7 Å². The van der Waals surface area contributed by atoms with Crippen molar-refractivity contribution in [3.05, 3.63) is 53.6 Å². The molecule has 0 aliphatic carbocycles. The fourth-order valence-electron chi connectivity index (χ4n) is 2.43. The van der Waals surface area contributed by atoms with Crippen LogP contribution in [0.4, 0.5) is 0 Å². The molecule has 4 nitrogen and oxygen atoms in total. The molecule has 3 rings (SSSR count). The molecule has 3 aromatic rings. The van der Waals surface area contributed by atoms with E-state index in [1.54, 1.807) is 0 Å². The van der Waals surface area contributed by atoms with Gasteiger partial charge in [-0.25, -0.2) is 4.98 Å². The predicted octanol–water partition coefficient (Wildman–Crippen LogP) is 2.76. The van der Waals surface area contributed by atoms with Crippen molar-refractivity contribution in [2.45, 2.75) is 20.4 Å². The number of pyridine rings is 1. The Morgan fingerprint density at radius 3 is 2.80 bits per heavy atom. The maximum atomic E-state index is 4.51. The minimum Gasteiger partial charge on any atom is -0.316 e. The molecule has 20 heavy (non-hydrogen) atoms. The maximum absolute atomic E-state index is 4.51. The van der Waals surface area contributed by atoms with Crippen molar-refractivity contribution in [2.24, 2.45) is 0 Å². The SMILES string of the molecule is CNCc1ccncc1-n1cnc2cc(C)c(C)cc21. The van der Waals surface area contributed by atoms with Crippen molar-refractivity contribution in [3.8, 4) is 5.69 Å². The third kappa shape index (κ3) is 2.08. The number of aryl methyl sites for hydroxylation is 2. The fraction of sp³-hybridized carbons (Fsp3) is 0.250. The van der Waals surface area contributed by atoms with E-state index in [1.807, 2.05) is 31.8 Å². The van der Waals surface area contributed by atoms with Crippen LogP contribution in [-0.4, -0.2) is 21.6 Å². The minimum absolute atomic E-state index is 0.808. The summed E-state index contributed by atoms with van der Waals surface area (Å²) in [6, 6.07) is 6.36. The topological polar surface area (TPSA) is 42.7 Å². The van der Waals surface area contributed by atoms with Gasteiger partial charge >= 0.3 is 0 Å². The Bertz CT molecular complexity index is 758. The van der Waals surface area contributed by atoms with Gasteiger partial charge in [-0.15, -0.1) is 0 Å². The van der Waals surface area contributed by atoms with Gasteiger partial charge < -0.3 is 5.32 Å². The molecule has 0 unspecified atom stereocenters. The Morgan fingerprint density at radius 1 is 1.20 bits per heavy atom. The highest BCUT2D eigenvalue weighted by molar-refractivity contribution is 5.79. The summed E-state index contributed by atoms with van der Waals surface area (Å²) in [6.45, 7) is 5.05. The van der Waals surface area contributed by atoms with Gasteiger partial charge in [0.05, 0.1) is 22.9 Å². The van der Waals surface area contributed by atoms with Crippen LogP contribution < -0.4 is 5.32 Å². The van der Waals surface area contributed by atoms with Crippen LogP contribution in [0, 0.1) is 13.8 Å². The molecule has 0 radical (unpaired) electrons. The lowest BCUT2D eigenvalue weighted by Crippen LogP contribution is -2.09. The first kappa shape index (κ1) is 12.8. The van der Waals surface area contributed by atoms with E-state index < -0.39 is 0 Å². The van der Waals surface area contributed by atoms with Gasteiger partial charge in [-0.2, -0.15) is 0 Å². The number of hydrogen-bond donors (Lipinski definition) is 1. The van der Waals surface area contributed by atoms with Gasteiger partial charge in [-0.05, 0) is 55.8 Å². The molecule has 0 amide bonds. The molecule has 2 aromatic heterocycles. The number of fused-ring (bicyclic) bond motifs is 1. The number of nitrogens with zero attached hydrogens (tertiary/aromatic N) is 3. The Kier molecular flexibility index (Phi) is 3.24. The van der Waals surface area contributed by atoms with Gasteiger partial charge in [-0.1, -0.05) is 0 Å². The van der Waals surface area contributed by atoms with E-state index in [0.717, 1.165) is 23.3 Å². The summed E-state index contributed by atoms with van der Waals surface area (Å²) in [5.41, 5.74) is 6.97. The first-order valence-corrected chi connectivity index (χ1v) is 6.73. The second kappa shape index (κ2) is 5.06. The fourth-order valence-corrected chi connectivity index (χ4v) is 2.43. The molecule has 4 heteroatoms. The molecule has 102 valence electrons. The molecule has 0 fully saturated rings. The second-order valence-corrected chi connectivity index (χ2v) is 5.07. The van der Waals surface area contributed by atoms with Gasteiger partial charge in [0.15, 0.2) is 0 Å². The summed E-state index contributed by atoms with van der Waals surface area (Å²) in [6.07, 6.45) is 5.59. The van der Waals surface area contributed by atoms with Crippen molar-refractivity contribution >= 4 is 11.0 Å². The summed E-state index contributed by atoms with van der Waals surface area (Å²) in [5.74, 6) is 0. The number of hydrogen-bond acceptors (Lipinski definition) is 3. The molecule has 1 N–H and O–H groups in total. The molecular formula is C16H18N4. The largest absolute Gasteiger partial charge is 0.316 e. The second-order valence-electron chi connectivity index (χ2n) is 5.07. The van der Waals surface area contributed by atoms with Crippen LogP contribution >= 0.6 is 0 Å². The van der Waals surface area contributed by atoms with E-state index in [4.69, 9.17) is 0 Å². The molecule has 0 spiro atoms. The molecular weight excluding hydrogens is 248 g/mol. The summed E-state index contributed by atoms with van der Waals surface area (Å²) >= 11 is 0. The van der Waals surface area contributed by atoms with Crippen molar-refractivity contribution < 1.29 is 0 Å². The van der Waals surface area contributed by atoms with Crippen LogP contribution in [-0.2, 0) is 6.54 Å². The summed E-state index contributed by atoms with van der Waals surface area (Å²) in [7, 11) is 1.95. The van der Waals surface area contributed by atoms with E-state index >= 15 is 0 Å². The number of benzene rings is 1. The van der Waals surface area contributed by atoms with Crippen LogP contribution in [0.3, 0.4) is 0 Å². The van der Waals surface area contributed by atoms with Crippen LogP contribution in [0.15, 0.2) is 36.9 Å². The van der Waals surface area contributed by atoms with Crippen LogP contribution in [0.5, 0.6) is 0 Å². The highest BCUT2D eigenvalue weighted by atomic mass is 15.1. The Morgan fingerprint density at radius 2 is 2.00 bits per heavy atom. The molecule has 0 aliphatic rings. The van der Waals surface area contributed by atoms with Crippen LogP contribution in [0.1, 0.15) is 16.7 Å². The lowest BCUT2D eigenvalue weighted by Gasteiger charge is -2.11. The van der Waals surface area contributed by atoms with Gasteiger partial charge in [0, 0.05) is 12.7 Å². The van der Waals surface area contributed by atoms with E-state index in [2.05, 4.69) is 45.8 Å². The average molecular weight is 266 g/mol. The van der Waals surface area contributed by atoms with Crippen LogP contribution in [0.2, 0.25) is 0 Å². The number of nitrogens with one attached hydrogen (secondary N) is 1. The molecule has 0 atom stereocenters. The number of rotatable bonds is 3. The van der Waals surface area contributed by atoms with Crippen molar-refractivity contribution in [2.75, 3.05) is 7.05 Å². The summed E-state index contributed by atoms with van der Waals surface area (Å²) < 4.78 is 2.11. The molecule has 2 heterocycles. The summed E-state index contributed by atoms with van der Waals surface area (Å²) in [4.78, 5) is 8.77. The van der Waals surface area contributed by atoms with Crippen molar-refractivity contribution in [3.63, 3.8) is 0 Å². The third-order valence-electron chi connectivity index (χ3n) is 3.68. The molecule has 0 bridgehead atoms. The molecule has 1 aromatic carbocycles. The zero-order valence-electron chi connectivity index (χ0n) is 12.0. The number of aromatic nitrogens is 3. The number of imidazole rings is 1. The molecule has 0 aliphatic heterocycles. The van der Waals surface area contributed by atoms with E-state index in [-0.39, 0.29) is 0 Å². The lowest BCUT2D eigenvalue weighted by atomic mass is 10.1.